The van der Waals surface area contributed by atoms with Crippen molar-refractivity contribution in [3.8, 4) is 0 Å². The van der Waals surface area contributed by atoms with Gasteiger partial charge in [0, 0.05) is 17.8 Å². The zero-order valence-electron chi connectivity index (χ0n) is 17.5. The Morgan fingerprint density at radius 3 is 2.19 bits per heavy atom. The Morgan fingerprint density at radius 1 is 0.935 bits per heavy atom. The van der Waals surface area contributed by atoms with Crippen LogP contribution in [0.5, 0.6) is 0 Å². The summed E-state index contributed by atoms with van der Waals surface area (Å²) in [6.45, 7) is 3.12. The first kappa shape index (κ1) is 22.7. The van der Waals surface area contributed by atoms with Crippen LogP contribution in [0.15, 0.2) is 77.7 Å². The van der Waals surface area contributed by atoms with Crippen LogP contribution in [-0.2, 0) is 27.8 Å². The number of hydrogen-bond acceptors (Lipinski definition) is 3. The van der Waals surface area contributed by atoms with Crippen molar-refractivity contribution in [3.05, 3.63) is 95.3 Å². The van der Waals surface area contributed by atoms with E-state index in [0.717, 1.165) is 21.9 Å². The van der Waals surface area contributed by atoms with Gasteiger partial charge in [-0.3, -0.25) is 4.79 Å². The van der Waals surface area contributed by atoms with Crippen molar-refractivity contribution in [2.45, 2.75) is 31.7 Å². The molecule has 0 atom stereocenters. The zero-order chi connectivity index (χ0) is 22.4. The Bertz CT molecular complexity index is 1160. The van der Waals surface area contributed by atoms with Crippen LogP contribution in [0.2, 0.25) is 0 Å². The highest BCUT2D eigenvalue weighted by Gasteiger charge is 2.28. The number of halogens is 1. The number of hydrogen-bond donors (Lipinski definition) is 1. The SMILES string of the molecule is CCc1ccccc1NC(=O)CN(Cc1ccccc1F)S(=O)(=O)c1ccc(C)cc1. The maximum atomic E-state index is 14.3. The normalized spacial score (nSPS) is 11.5. The molecule has 5 nitrogen and oxygen atoms in total. The second kappa shape index (κ2) is 9.85. The lowest BCUT2D eigenvalue weighted by Gasteiger charge is -2.22. The lowest BCUT2D eigenvalue weighted by Crippen LogP contribution is -2.38. The van der Waals surface area contributed by atoms with Crippen molar-refractivity contribution < 1.29 is 17.6 Å². The molecular weight excluding hydrogens is 415 g/mol. The zero-order valence-corrected chi connectivity index (χ0v) is 18.3. The third-order valence-corrected chi connectivity index (χ3v) is 6.76. The molecule has 3 aromatic rings. The molecule has 1 amide bonds. The molecule has 0 fully saturated rings. The van der Waals surface area contributed by atoms with Gasteiger partial charge in [0.2, 0.25) is 15.9 Å². The van der Waals surface area contributed by atoms with Crippen LogP contribution in [0.25, 0.3) is 0 Å². The Balaban J connectivity index is 1.91. The first-order valence-corrected chi connectivity index (χ1v) is 11.4. The Labute approximate surface area is 182 Å². The maximum Gasteiger partial charge on any atom is 0.243 e. The van der Waals surface area contributed by atoms with Crippen molar-refractivity contribution in [2.75, 3.05) is 11.9 Å². The Kier molecular flexibility index (Phi) is 7.20. The van der Waals surface area contributed by atoms with Crippen LogP contribution >= 0.6 is 0 Å². The lowest BCUT2D eigenvalue weighted by atomic mass is 10.1. The van der Waals surface area contributed by atoms with Gasteiger partial charge in [0.1, 0.15) is 5.82 Å². The second-order valence-corrected chi connectivity index (χ2v) is 9.17. The number of rotatable bonds is 8. The van der Waals surface area contributed by atoms with E-state index >= 15 is 0 Å². The van der Waals surface area contributed by atoms with Crippen molar-refractivity contribution in [1.29, 1.82) is 0 Å². The third kappa shape index (κ3) is 5.57. The summed E-state index contributed by atoms with van der Waals surface area (Å²) in [5, 5.41) is 2.79. The van der Waals surface area contributed by atoms with Crippen LogP contribution in [-0.4, -0.2) is 25.2 Å². The molecule has 3 rings (SSSR count). The largest absolute Gasteiger partial charge is 0.325 e. The fourth-order valence-electron chi connectivity index (χ4n) is 3.20. The van der Waals surface area contributed by atoms with Crippen molar-refractivity contribution >= 4 is 21.6 Å². The van der Waals surface area contributed by atoms with Gasteiger partial charge in [0.25, 0.3) is 0 Å². The van der Waals surface area contributed by atoms with Gasteiger partial charge in [-0.05, 0) is 43.2 Å². The van der Waals surface area contributed by atoms with Crippen molar-refractivity contribution in [2.24, 2.45) is 0 Å². The quantitative estimate of drug-likeness (QED) is 0.560. The fraction of sp³-hybridized carbons (Fsp3) is 0.208. The first-order chi connectivity index (χ1) is 14.8. The van der Waals surface area contributed by atoms with Crippen molar-refractivity contribution in [1.82, 2.24) is 4.31 Å². The molecule has 0 saturated carbocycles. The molecule has 1 N–H and O–H groups in total. The highest BCUT2D eigenvalue weighted by atomic mass is 32.2. The minimum atomic E-state index is -4.03. The van der Waals surface area contributed by atoms with Gasteiger partial charge >= 0.3 is 0 Å². The van der Waals surface area contributed by atoms with E-state index in [9.17, 15) is 17.6 Å². The number of sulfonamides is 1. The van der Waals surface area contributed by atoms with Gasteiger partial charge in [-0.25, -0.2) is 12.8 Å². The highest BCUT2D eigenvalue weighted by Crippen LogP contribution is 2.21. The van der Waals surface area contributed by atoms with Gasteiger partial charge in [-0.1, -0.05) is 61.0 Å². The van der Waals surface area contributed by atoms with Gasteiger partial charge in [-0.2, -0.15) is 4.31 Å². The van der Waals surface area contributed by atoms with E-state index < -0.39 is 28.3 Å². The topological polar surface area (TPSA) is 66.5 Å². The van der Waals surface area contributed by atoms with Crippen LogP contribution < -0.4 is 5.32 Å². The maximum absolute atomic E-state index is 14.3. The molecule has 0 spiro atoms. The van der Waals surface area contributed by atoms with Crippen LogP contribution in [0, 0.1) is 12.7 Å². The second-order valence-electron chi connectivity index (χ2n) is 7.24. The fourth-order valence-corrected chi connectivity index (χ4v) is 4.58. The summed E-state index contributed by atoms with van der Waals surface area (Å²) in [6, 6.07) is 19.6. The standard InChI is InChI=1S/C24H25FN2O3S/c1-3-19-8-5-7-11-23(19)26-24(28)17-27(16-20-9-4-6-10-22(20)25)31(29,30)21-14-12-18(2)13-15-21/h4-15H,3,16-17H2,1-2H3,(H,26,28). The van der Waals surface area contributed by atoms with E-state index in [-0.39, 0.29) is 17.0 Å². The molecule has 0 aliphatic heterocycles. The van der Waals surface area contributed by atoms with E-state index in [0.29, 0.717) is 5.69 Å². The summed E-state index contributed by atoms with van der Waals surface area (Å²) in [4.78, 5) is 12.8. The van der Waals surface area contributed by atoms with Gasteiger partial charge in [0.05, 0.1) is 11.4 Å². The summed E-state index contributed by atoms with van der Waals surface area (Å²) < 4.78 is 41.8. The van der Waals surface area contributed by atoms with E-state index in [1.54, 1.807) is 30.3 Å². The van der Waals surface area contributed by atoms with E-state index in [2.05, 4.69) is 5.32 Å². The summed E-state index contributed by atoms with van der Waals surface area (Å²) >= 11 is 0. The average Bonchev–Trinajstić information content (AvgIpc) is 2.75. The molecule has 0 aliphatic rings. The predicted molar refractivity (Wildman–Crippen MR) is 120 cm³/mol. The van der Waals surface area contributed by atoms with Crippen molar-refractivity contribution in [3.63, 3.8) is 0 Å². The smallest absolute Gasteiger partial charge is 0.243 e. The summed E-state index contributed by atoms with van der Waals surface area (Å²) in [6.07, 6.45) is 0.719. The number of amides is 1. The number of para-hydroxylation sites is 1. The average molecular weight is 441 g/mol. The minimum absolute atomic E-state index is 0.0520. The van der Waals surface area contributed by atoms with E-state index in [4.69, 9.17) is 0 Å². The minimum Gasteiger partial charge on any atom is -0.325 e. The van der Waals surface area contributed by atoms with Crippen LogP contribution in [0.4, 0.5) is 10.1 Å². The highest BCUT2D eigenvalue weighted by molar-refractivity contribution is 7.89. The molecule has 0 bridgehead atoms. The number of carbonyl (C=O) groups is 1. The Hall–Kier alpha value is -3.03. The Morgan fingerprint density at radius 2 is 1.55 bits per heavy atom. The summed E-state index contributed by atoms with van der Waals surface area (Å²) in [5.74, 6) is -1.02. The number of carbonyl (C=O) groups excluding carboxylic acids is 1. The molecule has 7 heteroatoms. The van der Waals surface area contributed by atoms with E-state index in [1.165, 1.54) is 30.3 Å². The molecule has 0 heterocycles. The molecule has 0 radical (unpaired) electrons. The molecule has 162 valence electrons. The molecule has 0 aliphatic carbocycles. The number of anilines is 1. The van der Waals surface area contributed by atoms with Gasteiger partial charge < -0.3 is 5.32 Å². The molecule has 0 aromatic heterocycles. The monoisotopic (exact) mass is 440 g/mol. The number of nitrogens with zero attached hydrogens (tertiary/aromatic N) is 1. The van der Waals surface area contributed by atoms with Gasteiger partial charge in [0.15, 0.2) is 0 Å². The molecule has 3 aromatic carbocycles. The predicted octanol–water partition coefficient (Wildman–Crippen LogP) is 4.53. The summed E-state index contributed by atoms with van der Waals surface area (Å²) in [5.41, 5.74) is 2.68. The first-order valence-electron chi connectivity index (χ1n) is 9.99. The van der Waals surface area contributed by atoms with Crippen LogP contribution in [0.3, 0.4) is 0 Å². The number of aryl methyl sites for hydroxylation is 2. The van der Waals surface area contributed by atoms with Crippen LogP contribution in [0.1, 0.15) is 23.6 Å². The molecule has 31 heavy (non-hydrogen) atoms. The third-order valence-electron chi connectivity index (χ3n) is 4.96. The molecular formula is C24H25FN2O3S. The van der Waals surface area contributed by atoms with E-state index in [1.807, 2.05) is 26.0 Å². The lowest BCUT2D eigenvalue weighted by molar-refractivity contribution is -0.116. The molecule has 0 unspecified atom stereocenters. The number of nitrogens with one attached hydrogen (secondary N) is 1. The molecule has 0 saturated heterocycles. The van der Waals surface area contributed by atoms with Gasteiger partial charge in [-0.15, -0.1) is 0 Å². The summed E-state index contributed by atoms with van der Waals surface area (Å²) in [7, 11) is -4.03. The number of benzene rings is 3.